The molecule has 1 nitrogen and oxygen atoms in total. The van der Waals surface area contributed by atoms with Gasteiger partial charge in [0, 0.05) is 12.1 Å². The van der Waals surface area contributed by atoms with Crippen LogP contribution in [0.5, 0.6) is 0 Å². The summed E-state index contributed by atoms with van der Waals surface area (Å²) in [7, 11) is 0. The van der Waals surface area contributed by atoms with Crippen LogP contribution >= 0.6 is 0 Å². The Morgan fingerprint density at radius 1 is 1.17 bits per heavy atom. The lowest BCUT2D eigenvalue weighted by molar-refractivity contribution is 0.585. The molecule has 1 aliphatic rings. The van der Waals surface area contributed by atoms with Crippen LogP contribution in [0, 0.1) is 0 Å². The van der Waals surface area contributed by atoms with Crippen molar-refractivity contribution in [3.63, 3.8) is 0 Å². The van der Waals surface area contributed by atoms with Crippen LogP contribution in [-0.2, 0) is 0 Å². The van der Waals surface area contributed by atoms with Crippen molar-refractivity contribution in [3.8, 4) is 0 Å². The van der Waals surface area contributed by atoms with Gasteiger partial charge in [0.2, 0.25) is 0 Å². The fourth-order valence-corrected chi connectivity index (χ4v) is 1.88. The standard InChI is InChI=1S/C11H15N/c1-9-7-8-11(12-9)10-5-3-2-4-6-10/h2-6,9,11-12H,7-8H2,1H3/t9-,11-/m0/s1. The molecule has 1 heterocycles. The SMILES string of the molecule is C[C@H]1CC[C@@H](c2ccccc2)N1. The fourth-order valence-electron chi connectivity index (χ4n) is 1.88. The van der Waals surface area contributed by atoms with Gasteiger partial charge in [-0.15, -0.1) is 0 Å². The van der Waals surface area contributed by atoms with Gasteiger partial charge < -0.3 is 5.32 Å². The first kappa shape index (κ1) is 7.81. The molecule has 0 amide bonds. The van der Waals surface area contributed by atoms with Crippen LogP contribution in [0.1, 0.15) is 31.4 Å². The molecule has 1 N–H and O–H groups in total. The van der Waals surface area contributed by atoms with E-state index in [2.05, 4.69) is 42.6 Å². The summed E-state index contributed by atoms with van der Waals surface area (Å²) in [4.78, 5) is 0. The monoisotopic (exact) mass is 161 g/mol. The molecule has 0 radical (unpaired) electrons. The van der Waals surface area contributed by atoms with Crippen LogP contribution < -0.4 is 5.32 Å². The quantitative estimate of drug-likeness (QED) is 0.667. The molecule has 0 unspecified atom stereocenters. The van der Waals surface area contributed by atoms with E-state index in [4.69, 9.17) is 0 Å². The highest BCUT2D eigenvalue weighted by atomic mass is 15.0. The molecule has 0 aromatic heterocycles. The number of nitrogens with one attached hydrogen (secondary N) is 1. The predicted molar refractivity (Wildman–Crippen MR) is 51.0 cm³/mol. The molecular weight excluding hydrogens is 146 g/mol. The summed E-state index contributed by atoms with van der Waals surface area (Å²) >= 11 is 0. The molecule has 0 bridgehead atoms. The summed E-state index contributed by atoms with van der Waals surface area (Å²) in [6.45, 7) is 2.25. The molecule has 2 atom stereocenters. The van der Waals surface area contributed by atoms with Crippen molar-refractivity contribution in [1.82, 2.24) is 5.32 Å². The van der Waals surface area contributed by atoms with Crippen LogP contribution in [0.15, 0.2) is 30.3 Å². The number of benzene rings is 1. The highest BCUT2D eigenvalue weighted by molar-refractivity contribution is 5.19. The smallest absolute Gasteiger partial charge is 0.0323 e. The summed E-state index contributed by atoms with van der Waals surface area (Å²) in [6, 6.07) is 12.0. The Balaban J connectivity index is 2.11. The second-order valence-electron chi connectivity index (χ2n) is 3.61. The van der Waals surface area contributed by atoms with Gasteiger partial charge in [-0.1, -0.05) is 30.3 Å². The summed E-state index contributed by atoms with van der Waals surface area (Å²) in [5.41, 5.74) is 1.43. The first-order valence-corrected chi connectivity index (χ1v) is 4.67. The summed E-state index contributed by atoms with van der Waals surface area (Å²) in [5.74, 6) is 0. The largest absolute Gasteiger partial charge is 0.307 e. The molecule has 2 rings (SSSR count). The molecular formula is C11H15N. The van der Waals surface area contributed by atoms with Crippen LogP contribution in [0.3, 0.4) is 0 Å². The van der Waals surface area contributed by atoms with Crippen molar-refractivity contribution in [2.24, 2.45) is 0 Å². The lowest BCUT2D eigenvalue weighted by atomic mass is 10.1. The molecule has 0 saturated carbocycles. The van der Waals surface area contributed by atoms with Crippen LogP contribution in [-0.4, -0.2) is 6.04 Å². The van der Waals surface area contributed by atoms with Crippen LogP contribution in [0.25, 0.3) is 0 Å². The van der Waals surface area contributed by atoms with Crippen molar-refractivity contribution < 1.29 is 0 Å². The summed E-state index contributed by atoms with van der Waals surface area (Å²) < 4.78 is 0. The van der Waals surface area contributed by atoms with E-state index in [0.29, 0.717) is 12.1 Å². The zero-order valence-electron chi connectivity index (χ0n) is 7.46. The van der Waals surface area contributed by atoms with E-state index in [9.17, 15) is 0 Å². The van der Waals surface area contributed by atoms with Crippen LogP contribution in [0.2, 0.25) is 0 Å². The van der Waals surface area contributed by atoms with Crippen molar-refractivity contribution in [1.29, 1.82) is 0 Å². The Morgan fingerprint density at radius 2 is 1.92 bits per heavy atom. The van der Waals surface area contributed by atoms with Crippen LogP contribution in [0.4, 0.5) is 0 Å². The minimum atomic E-state index is 0.598. The predicted octanol–water partition coefficient (Wildman–Crippen LogP) is 2.50. The Labute approximate surface area is 73.8 Å². The van der Waals surface area contributed by atoms with E-state index >= 15 is 0 Å². The van der Waals surface area contributed by atoms with Gasteiger partial charge in [-0.25, -0.2) is 0 Å². The second-order valence-corrected chi connectivity index (χ2v) is 3.61. The van der Waals surface area contributed by atoms with Gasteiger partial charge in [-0.2, -0.15) is 0 Å². The molecule has 1 fully saturated rings. The third-order valence-corrected chi connectivity index (χ3v) is 2.58. The number of hydrogen-bond donors (Lipinski definition) is 1. The average molecular weight is 161 g/mol. The van der Waals surface area contributed by atoms with E-state index < -0.39 is 0 Å². The van der Waals surface area contributed by atoms with Crippen molar-refractivity contribution in [2.75, 3.05) is 0 Å². The van der Waals surface area contributed by atoms with Gasteiger partial charge in [-0.3, -0.25) is 0 Å². The summed E-state index contributed by atoms with van der Waals surface area (Å²) in [6.07, 6.45) is 2.59. The van der Waals surface area contributed by atoms with E-state index in [0.717, 1.165) is 0 Å². The minimum Gasteiger partial charge on any atom is -0.307 e. The van der Waals surface area contributed by atoms with Gasteiger partial charge in [0.05, 0.1) is 0 Å². The molecule has 1 saturated heterocycles. The molecule has 12 heavy (non-hydrogen) atoms. The van der Waals surface area contributed by atoms with Gasteiger partial charge >= 0.3 is 0 Å². The number of rotatable bonds is 1. The Hall–Kier alpha value is -0.820. The summed E-state index contributed by atoms with van der Waals surface area (Å²) in [5, 5.41) is 3.57. The maximum absolute atomic E-state index is 3.57. The first-order chi connectivity index (χ1) is 5.86. The Bertz CT molecular complexity index is 242. The van der Waals surface area contributed by atoms with Crippen molar-refractivity contribution >= 4 is 0 Å². The van der Waals surface area contributed by atoms with E-state index in [1.165, 1.54) is 18.4 Å². The molecule has 0 aliphatic carbocycles. The molecule has 1 heteroatoms. The molecule has 1 aliphatic heterocycles. The normalized spacial score (nSPS) is 29.1. The van der Waals surface area contributed by atoms with Crippen molar-refractivity contribution in [3.05, 3.63) is 35.9 Å². The molecule has 0 spiro atoms. The highest BCUT2D eigenvalue weighted by Crippen LogP contribution is 2.25. The zero-order valence-corrected chi connectivity index (χ0v) is 7.46. The zero-order chi connectivity index (χ0) is 8.39. The highest BCUT2D eigenvalue weighted by Gasteiger charge is 2.20. The van der Waals surface area contributed by atoms with Gasteiger partial charge in [-0.05, 0) is 25.3 Å². The van der Waals surface area contributed by atoms with Crippen molar-refractivity contribution in [2.45, 2.75) is 31.8 Å². The molecule has 1 aromatic rings. The molecule has 64 valence electrons. The number of hydrogen-bond acceptors (Lipinski definition) is 1. The maximum Gasteiger partial charge on any atom is 0.0323 e. The Kier molecular flexibility index (Phi) is 2.13. The first-order valence-electron chi connectivity index (χ1n) is 4.67. The van der Waals surface area contributed by atoms with E-state index in [1.807, 2.05) is 0 Å². The third-order valence-electron chi connectivity index (χ3n) is 2.58. The third kappa shape index (κ3) is 1.51. The topological polar surface area (TPSA) is 12.0 Å². The fraction of sp³-hybridized carbons (Fsp3) is 0.455. The lowest BCUT2D eigenvalue weighted by Gasteiger charge is -2.11. The average Bonchev–Trinajstić information content (AvgIpc) is 2.54. The minimum absolute atomic E-state index is 0.598. The van der Waals surface area contributed by atoms with E-state index in [1.54, 1.807) is 0 Å². The Morgan fingerprint density at radius 3 is 2.50 bits per heavy atom. The lowest BCUT2D eigenvalue weighted by Crippen LogP contribution is -2.20. The maximum atomic E-state index is 3.57. The van der Waals surface area contributed by atoms with Gasteiger partial charge in [0.25, 0.3) is 0 Å². The molecule has 1 aromatic carbocycles. The van der Waals surface area contributed by atoms with Gasteiger partial charge in [0.15, 0.2) is 0 Å². The second kappa shape index (κ2) is 3.28. The van der Waals surface area contributed by atoms with E-state index in [-0.39, 0.29) is 0 Å². The van der Waals surface area contributed by atoms with Gasteiger partial charge in [0.1, 0.15) is 0 Å².